The van der Waals surface area contributed by atoms with Crippen molar-refractivity contribution >= 4 is 27.0 Å². The van der Waals surface area contributed by atoms with E-state index in [4.69, 9.17) is 4.98 Å². The Hall–Kier alpha value is -0.830. The van der Waals surface area contributed by atoms with Gasteiger partial charge in [0.25, 0.3) is 0 Å². The zero-order chi connectivity index (χ0) is 11.3. The van der Waals surface area contributed by atoms with Crippen molar-refractivity contribution in [3.05, 3.63) is 28.5 Å². The SMILES string of the molecule is CC(C)c1nc2cccc(Br)c2n1C1CC1. The maximum atomic E-state index is 4.77. The van der Waals surface area contributed by atoms with Crippen molar-refractivity contribution in [2.24, 2.45) is 0 Å². The highest BCUT2D eigenvalue weighted by molar-refractivity contribution is 9.10. The minimum absolute atomic E-state index is 0.486. The summed E-state index contributed by atoms with van der Waals surface area (Å²) in [5, 5.41) is 0. The van der Waals surface area contributed by atoms with E-state index >= 15 is 0 Å². The largest absolute Gasteiger partial charge is 0.324 e. The highest BCUT2D eigenvalue weighted by atomic mass is 79.9. The predicted octanol–water partition coefficient (Wildman–Crippen LogP) is 4.26. The van der Waals surface area contributed by atoms with Gasteiger partial charge in [-0.2, -0.15) is 0 Å². The van der Waals surface area contributed by atoms with Crippen LogP contribution in [0.25, 0.3) is 11.0 Å². The molecule has 3 heteroatoms. The van der Waals surface area contributed by atoms with Crippen LogP contribution in [0.1, 0.15) is 44.5 Å². The molecule has 84 valence electrons. The lowest BCUT2D eigenvalue weighted by atomic mass is 10.2. The molecule has 2 nitrogen and oxygen atoms in total. The predicted molar refractivity (Wildman–Crippen MR) is 69.8 cm³/mol. The molecular weight excluding hydrogens is 264 g/mol. The highest BCUT2D eigenvalue weighted by Gasteiger charge is 2.29. The third kappa shape index (κ3) is 1.49. The molecule has 1 heterocycles. The zero-order valence-electron chi connectivity index (χ0n) is 9.57. The van der Waals surface area contributed by atoms with Crippen LogP contribution in [0.5, 0.6) is 0 Å². The first-order valence-corrected chi connectivity index (χ1v) is 6.64. The van der Waals surface area contributed by atoms with Crippen molar-refractivity contribution in [2.75, 3.05) is 0 Å². The average molecular weight is 279 g/mol. The molecule has 0 bridgehead atoms. The maximum absolute atomic E-state index is 4.77. The van der Waals surface area contributed by atoms with Crippen molar-refractivity contribution in [1.29, 1.82) is 0 Å². The average Bonchev–Trinajstić information content (AvgIpc) is 2.99. The van der Waals surface area contributed by atoms with E-state index in [0.717, 1.165) is 9.99 Å². The standard InChI is InChI=1S/C13H15BrN2/c1-8(2)13-15-11-5-3-4-10(14)12(11)16(13)9-6-7-9/h3-5,8-9H,6-7H2,1-2H3. The van der Waals surface area contributed by atoms with Gasteiger partial charge in [0.15, 0.2) is 0 Å². The van der Waals surface area contributed by atoms with E-state index in [0.29, 0.717) is 12.0 Å². The molecule has 0 aliphatic heterocycles. The lowest BCUT2D eigenvalue weighted by Crippen LogP contribution is -2.03. The van der Waals surface area contributed by atoms with Crippen LogP contribution < -0.4 is 0 Å². The fraction of sp³-hybridized carbons (Fsp3) is 0.462. The topological polar surface area (TPSA) is 17.8 Å². The molecule has 0 radical (unpaired) electrons. The molecule has 16 heavy (non-hydrogen) atoms. The van der Waals surface area contributed by atoms with Crippen molar-refractivity contribution in [2.45, 2.75) is 38.6 Å². The molecule has 1 saturated carbocycles. The summed E-state index contributed by atoms with van der Waals surface area (Å²) < 4.78 is 3.60. The van der Waals surface area contributed by atoms with Crippen molar-refractivity contribution < 1.29 is 0 Å². The fourth-order valence-corrected chi connectivity index (χ4v) is 2.78. The van der Waals surface area contributed by atoms with Crippen LogP contribution in [0.2, 0.25) is 0 Å². The molecule has 0 unspecified atom stereocenters. The lowest BCUT2D eigenvalue weighted by molar-refractivity contribution is 0.654. The number of benzene rings is 1. The molecule has 1 aromatic heterocycles. The molecule has 0 N–H and O–H groups in total. The van der Waals surface area contributed by atoms with Crippen LogP contribution in [0.15, 0.2) is 22.7 Å². The molecule has 0 spiro atoms. The van der Waals surface area contributed by atoms with Crippen LogP contribution in [-0.4, -0.2) is 9.55 Å². The minimum Gasteiger partial charge on any atom is -0.324 e. The normalized spacial score (nSPS) is 16.2. The van der Waals surface area contributed by atoms with Crippen molar-refractivity contribution in [3.8, 4) is 0 Å². The number of rotatable bonds is 2. The zero-order valence-corrected chi connectivity index (χ0v) is 11.2. The Morgan fingerprint density at radius 1 is 1.38 bits per heavy atom. The fourth-order valence-electron chi connectivity index (χ4n) is 2.23. The lowest BCUT2D eigenvalue weighted by Gasteiger charge is -2.10. The molecular formula is C13H15BrN2. The monoisotopic (exact) mass is 278 g/mol. The van der Waals surface area contributed by atoms with Gasteiger partial charge in [0.05, 0.1) is 11.0 Å². The first-order valence-electron chi connectivity index (χ1n) is 5.85. The van der Waals surface area contributed by atoms with Gasteiger partial charge in [-0.05, 0) is 40.9 Å². The summed E-state index contributed by atoms with van der Waals surface area (Å²) >= 11 is 3.65. The molecule has 0 atom stereocenters. The van der Waals surface area contributed by atoms with Gasteiger partial charge in [0.1, 0.15) is 5.82 Å². The molecule has 1 aliphatic rings. The van der Waals surface area contributed by atoms with E-state index in [2.05, 4.69) is 52.5 Å². The molecule has 1 aromatic carbocycles. The number of aromatic nitrogens is 2. The third-order valence-corrected chi connectivity index (χ3v) is 3.76. The molecule has 0 saturated heterocycles. The number of imidazole rings is 1. The van der Waals surface area contributed by atoms with Gasteiger partial charge in [-0.25, -0.2) is 4.98 Å². The number of nitrogens with zero attached hydrogens (tertiary/aromatic N) is 2. The second-order valence-corrected chi connectivity index (χ2v) is 5.69. The van der Waals surface area contributed by atoms with Crippen molar-refractivity contribution in [3.63, 3.8) is 0 Å². The number of hydrogen-bond donors (Lipinski definition) is 0. The van der Waals surface area contributed by atoms with Crippen LogP contribution in [0, 0.1) is 0 Å². The van der Waals surface area contributed by atoms with Crippen LogP contribution >= 0.6 is 15.9 Å². The van der Waals surface area contributed by atoms with Gasteiger partial charge in [0.2, 0.25) is 0 Å². The Labute approximate surface area is 104 Å². The Kier molecular flexibility index (Phi) is 2.32. The first kappa shape index (κ1) is 10.3. The van der Waals surface area contributed by atoms with E-state index in [9.17, 15) is 0 Å². The first-order chi connectivity index (χ1) is 7.68. The number of hydrogen-bond acceptors (Lipinski definition) is 1. The Morgan fingerprint density at radius 2 is 2.12 bits per heavy atom. The third-order valence-electron chi connectivity index (χ3n) is 3.12. The minimum atomic E-state index is 0.486. The van der Waals surface area contributed by atoms with Crippen LogP contribution in [0.4, 0.5) is 0 Å². The van der Waals surface area contributed by atoms with Gasteiger partial charge in [0, 0.05) is 16.4 Å². The number of para-hydroxylation sites is 1. The van der Waals surface area contributed by atoms with Crippen LogP contribution in [-0.2, 0) is 0 Å². The quantitative estimate of drug-likeness (QED) is 0.803. The summed E-state index contributed by atoms with van der Waals surface area (Å²) in [5.74, 6) is 1.71. The number of fused-ring (bicyclic) bond motifs is 1. The molecule has 3 rings (SSSR count). The Balaban J connectivity index is 2.34. The number of halogens is 1. The van der Waals surface area contributed by atoms with E-state index in [1.54, 1.807) is 0 Å². The van der Waals surface area contributed by atoms with Crippen molar-refractivity contribution in [1.82, 2.24) is 9.55 Å². The van der Waals surface area contributed by atoms with Gasteiger partial charge >= 0.3 is 0 Å². The van der Waals surface area contributed by atoms with E-state index in [1.807, 2.05) is 0 Å². The van der Waals surface area contributed by atoms with Gasteiger partial charge in [-0.1, -0.05) is 19.9 Å². The summed E-state index contributed by atoms with van der Waals surface area (Å²) in [5.41, 5.74) is 2.39. The van der Waals surface area contributed by atoms with Gasteiger partial charge in [-0.3, -0.25) is 0 Å². The van der Waals surface area contributed by atoms with E-state index in [1.165, 1.54) is 24.2 Å². The Bertz CT molecular complexity index is 538. The maximum Gasteiger partial charge on any atom is 0.112 e. The second-order valence-electron chi connectivity index (χ2n) is 4.83. The van der Waals surface area contributed by atoms with E-state index < -0.39 is 0 Å². The van der Waals surface area contributed by atoms with Gasteiger partial charge < -0.3 is 4.57 Å². The smallest absolute Gasteiger partial charge is 0.112 e. The summed E-state index contributed by atoms with van der Waals surface area (Å²) in [6, 6.07) is 6.94. The summed E-state index contributed by atoms with van der Waals surface area (Å²) in [4.78, 5) is 4.77. The highest BCUT2D eigenvalue weighted by Crippen LogP contribution is 2.41. The molecule has 2 aromatic rings. The molecule has 0 amide bonds. The van der Waals surface area contributed by atoms with Crippen LogP contribution in [0.3, 0.4) is 0 Å². The summed E-state index contributed by atoms with van der Waals surface area (Å²) in [6.07, 6.45) is 2.60. The second kappa shape index (κ2) is 3.59. The van der Waals surface area contributed by atoms with Gasteiger partial charge in [-0.15, -0.1) is 0 Å². The summed E-state index contributed by atoms with van der Waals surface area (Å²) in [6.45, 7) is 4.43. The molecule has 1 fully saturated rings. The van der Waals surface area contributed by atoms with E-state index in [-0.39, 0.29) is 0 Å². The Morgan fingerprint density at radius 3 is 2.75 bits per heavy atom. The molecule has 1 aliphatic carbocycles. The summed E-state index contributed by atoms with van der Waals surface area (Å²) in [7, 11) is 0.